The van der Waals surface area contributed by atoms with E-state index in [1.807, 2.05) is 19.2 Å². The highest BCUT2D eigenvalue weighted by Gasteiger charge is 2.17. The molecule has 2 N–H and O–H groups in total. The first-order chi connectivity index (χ1) is 7.16. The highest BCUT2D eigenvalue weighted by Crippen LogP contribution is 2.18. The smallest absolute Gasteiger partial charge is 0.0864 e. The first kappa shape index (κ1) is 12.0. The summed E-state index contributed by atoms with van der Waals surface area (Å²) in [6.07, 6.45) is 4.63. The molecule has 0 aromatic heterocycles. The van der Waals surface area contributed by atoms with E-state index in [4.69, 9.17) is 10.5 Å². The summed E-state index contributed by atoms with van der Waals surface area (Å²) < 4.78 is 5.29. The molecule has 1 rings (SSSR count). The average Bonchev–Trinajstić information content (AvgIpc) is 2.20. The molecule has 0 spiro atoms. The van der Waals surface area contributed by atoms with Crippen LogP contribution in [0.2, 0.25) is 0 Å². The molecule has 0 radical (unpaired) electrons. The van der Waals surface area contributed by atoms with Crippen LogP contribution >= 0.6 is 0 Å². The zero-order chi connectivity index (χ0) is 11.3. The highest BCUT2D eigenvalue weighted by molar-refractivity contribution is 6.02. The van der Waals surface area contributed by atoms with E-state index in [0.29, 0.717) is 12.5 Å². The number of hydrogen-bond acceptors (Lipinski definition) is 3. The van der Waals surface area contributed by atoms with Gasteiger partial charge >= 0.3 is 0 Å². The van der Waals surface area contributed by atoms with Crippen molar-refractivity contribution in [3.63, 3.8) is 0 Å². The minimum Gasteiger partial charge on any atom is -0.400 e. The van der Waals surface area contributed by atoms with Crippen molar-refractivity contribution in [2.75, 3.05) is 13.2 Å². The van der Waals surface area contributed by atoms with Crippen LogP contribution in [0.3, 0.4) is 0 Å². The molecule has 0 saturated carbocycles. The van der Waals surface area contributed by atoms with Crippen LogP contribution in [0.4, 0.5) is 0 Å². The minimum atomic E-state index is 0.396. The van der Waals surface area contributed by atoms with Crippen molar-refractivity contribution in [3.05, 3.63) is 23.5 Å². The molecule has 84 valence electrons. The van der Waals surface area contributed by atoms with Gasteiger partial charge in [0.25, 0.3) is 0 Å². The lowest BCUT2D eigenvalue weighted by atomic mass is 9.95. The number of aliphatic imine (C=N–C) groups is 1. The van der Waals surface area contributed by atoms with Crippen LogP contribution in [-0.2, 0) is 4.74 Å². The maximum absolute atomic E-state index is 5.94. The van der Waals surface area contributed by atoms with Crippen molar-refractivity contribution in [3.8, 4) is 0 Å². The van der Waals surface area contributed by atoms with E-state index < -0.39 is 0 Å². The zero-order valence-corrected chi connectivity index (χ0v) is 9.79. The topological polar surface area (TPSA) is 47.6 Å². The Kier molecular flexibility index (Phi) is 4.56. The second kappa shape index (κ2) is 5.71. The molecule has 0 aromatic carbocycles. The Morgan fingerprint density at radius 1 is 1.53 bits per heavy atom. The first-order valence-electron chi connectivity index (χ1n) is 5.41. The molecule has 0 atom stereocenters. The lowest BCUT2D eigenvalue weighted by Crippen LogP contribution is -2.24. The van der Waals surface area contributed by atoms with Crippen molar-refractivity contribution in [1.29, 1.82) is 0 Å². The molecule has 0 unspecified atom stereocenters. The van der Waals surface area contributed by atoms with Gasteiger partial charge in [-0.2, -0.15) is 0 Å². The van der Waals surface area contributed by atoms with E-state index in [1.165, 1.54) is 5.57 Å². The van der Waals surface area contributed by atoms with Crippen LogP contribution in [0, 0.1) is 5.92 Å². The zero-order valence-electron chi connectivity index (χ0n) is 9.79. The Morgan fingerprint density at radius 3 is 2.80 bits per heavy atom. The van der Waals surface area contributed by atoms with Gasteiger partial charge < -0.3 is 10.5 Å². The Bertz CT molecular complexity index is 301. The average molecular weight is 208 g/mol. The maximum atomic E-state index is 5.94. The lowest BCUT2D eigenvalue weighted by molar-refractivity contribution is 0.147. The highest BCUT2D eigenvalue weighted by atomic mass is 16.5. The third-order valence-corrected chi connectivity index (χ3v) is 2.36. The number of ether oxygens (including phenoxy) is 1. The molecule has 3 nitrogen and oxygen atoms in total. The predicted molar refractivity (Wildman–Crippen MR) is 63.7 cm³/mol. The minimum absolute atomic E-state index is 0.396. The molecule has 1 aliphatic rings. The van der Waals surface area contributed by atoms with Gasteiger partial charge in [0.2, 0.25) is 0 Å². The molecular formula is C12H20N2O. The number of nitrogens with zero attached hydrogens (tertiary/aromatic N) is 1. The Morgan fingerprint density at radius 2 is 2.27 bits per heavy atom. The van der Waals surface area contributed by atoms with Gasteiger partial charge in [0.05, 0.1) is 13.2 Å². The summed E-state index contributed by atoms with van der Waals surface area (Å²) in [4.78, 5) is 4.46. The second-order valence-electron chi connectivity index (χ2n) is 3.96. The van der Waals surface area contributed by atoms with Crippen molar-refractivity contribution in [2.45, 2.75) is 27.2 Å². The quantitative estimate of drug-likeness (QED) is 0.723. The second-order valence-corrected chi connectivity index (χ2v) is 3.96. The summed E-state index contributed by atoms with van der Waals surface area (Å²) >= 11 is 0. The number of nitrogens with two attached hydrogens (primary N) is 1. The monoisotopic (exact) mass is 208 g/mol. The van der Waals surface area contributed by atoms with Gasteiger partial charge in [-0.15, -0.1) is 0 Å². The summed E-state index contributed by atoms with van der Waals surface area (Å²) in [5.41, 5.74) is 9.04. The number of hydrogen-bond donors (Lipinski definition) is 1. The van der Waals surface area contributed by atoms with E-state index >= 15 is 0 Å². The Hall–Kier alpha value is -1.09. The largest absolute Gasteiger partial charge is 0.400 e. The van der Waals surface area contributed by atoms with Crippen molar-refractivity contribution >= 4 is 5.71 Å². The molecule has 3 heteroatoms. The Labute approximate surface area is 91.7 Å². The van der Waals surface area contributed by atoms with Gasteiger partial charge in [0, 0.05) is 17.6 Å². The molecule has 0 fully saturated rings. The van der Waals surface area contributed by atoms with Crippen LogP contribution in [0.15, 0.2) is 28.5 Å². The van der Waals surface area contributed by atoms with Crippen LogP contribution in [-0.4, -0.2) is 18.9 Å². The summed E-state index contributed by atoms with van der Waals surface area (Å²) in [7, 11) is 0. The molecule has 0 aromatic rings. The van der Waals surface area contributed by atoms with Crippen molar-refractivity contribution in [1.82, 2.24) is 0 Å². The molecular weight excluding hydrogens is 188 g/mol. The van der Waals surface area contributed by atoms with Gasteiger partial charge in [-0.3, -0.25) is 4.99 Å². The van der Waals surface area contributed by atoms with E-state index in [0.717, 1.165) is 24.4 Å². The third-order valence-electron chi connectivity index (χ3n) is 2.36. The van der Waals surface area contributed by atoms with Gasteiger partial charge in [0.15, 0.2) is 0 Å². The predicted octanol–water partition coefficient (Wildman–Crippen LogP) is 2.25. The van der Waals surface area contributed by atoms with Crippen LogP contribution in [0.1, 0.15) is 27.2 Å². The summed E-state index contributed by atoms with van der Waals surface area (Å²) in [5.74, 6) is 0.396. The SMILES string of the molecule is C/C=C\N=C(/C1=C(N)COCC1)C(C)C. The van der Waals surface area contributed by atoms with E-state index in [2.05, 4.69) is 18.8 Å². The fourth-order valence-electron chi connectivity index (χ4n) is 1.63. The summed E-state index contributed by atoms with van der Waals surface area (Å²) in [6.45, 7) is 7.52. The fourth-order valence-corrected chi connectivity index (χ4v) is 1.63. The molecule has 1 heterocycles. The lowest BCUT2D eigenvalue weighted by Gasteiger charge is -2.21. The molecule has 0 amide bonds. The molecule has 0 bridgehead atoms. The van der Waals surface area contributed by atoms with Gasteiger partial charge in [0.1, 0.15) is 0 Å². The van der Waals surface area contributed by atoms with Gasteiger partial charge in [-0.25, -0.2) is 0 Å². The van der Waals surface area contributed by atoms with Crippen molar-refractivity contribution in [2.24, 2.45) is 16.6 Å². The number of allylic oxidation sites excluding steroid dienone is 1. The van der Waals surface area contributed by atoms with Crippen molar-refractivity contribution < 1.29 is 4.74 Å². The maximum Gasteiger partial charge on any atom is 0.0864 e. The van der Waals surface area contributed by atoms with Crippen LogP contribution in [0.25, 0.3) is 0 Å². The standard InChI is InChI=1S/C12H20N2O/c1-4-6-14-12(9(2)3)10-5-7-15-8-11(10)13/h4,6,9H,5,7-8,13H2,1-3H3/b6-4-,14-12-. The fraction of sp³-hybridized carbons (Fsp3) is 0.583. The molecule has 15 heavy (non-hydrogen) atoms. The van der Waals surface area contributed by atoms with E-state index in [1.54, 1.807) is 0 Å². The molecule has 0 aliphatic carbocycles. The van der Waals surface area contributed by atoms with Gasteiger partial charge in [-0.05, 0) is 24.8 Å². The molecule has 0 saturated heterocycles. The summed E-state index contributed by atoms with van der Waals surface area (Å²) in [6, 6.07) is 0. The third kappa shape index (κ3) is 3.20. The van der Waals surface area contributed by atoms with Gasteiger partial charge in [-0.1, -0.05) is 19.9 Å². The molecule has 1 aliphatic heterocycles. The van der Waals surface area contributed by atoms with E-state index in [-0.39, 0.29) is 0 Å². The normalized spacial score (nSPS) is 19.3. The summed E-state index contributed by atoms with van der Waals surface area (Å²) in [5, 5.41) is 0. The van der Waals surface area contributed by atoms with Crippen LogP contribution < -0.4 is 5.73 Å². The number of rotatable bonds is 3. The Balaban J connectivity index is 2.98. The first-order valence-corrected chi connectivity index (χ1v) is 5.41. The van der Waals surface area contributed by atoms with E-state index in [9.17, 15) is 0 Å². The van der Waals surface area contributed by atoms with Crippen LogP contribution in [0.5, 0.6) is 0 Å².